The third kappa shape index (κ3) is 5.23. The number of amides is 2. The van der Waals surface area contributed by atoms with E-state index in [-0.39, 0.29) is 24.7 Å². The normalized spacial score (nSPS) is 10.9. The van der Waals surface area contributed by atoms with E-state index in [1.165, 1.54) is 0 Å². The quantitative estimate of drug-likeness (QED) is 0.455. The molecule has 2 N–H and O–H groups in total. The summed E-state index contributed by atoms with van der Waals surface area (Å²) in [7, 11) is 1.59. The molecule has 3 rings (SSSR count). The number of carbonyl (C=O) groups is 2. The molecule has 0 bridgehead atoms. The Kier molecular flexibility index (Phi) is 6.80. The van der Waals surface area contributed by atoms with Crippen molar-refractivity contribution < 1.29 is 14.3 Å². The number of nitrogens with one attached hydrogen (secondary N) is 2. The van der Waals surface area contributed by atoms with Gasteiger partial charge in [0.05, 0.1) is 13.3 Å². The Morgan fingerprint density at radius 1 is 1.00 bits per heavy atom. The summed E-state index contributed by atoms with van der Waals surface area (Å²) >= 11 is 0. The van der Waals surface area contributed by atoms with E-state index in [1.54, 1.807) is 13.3 Å². The number of carbonyl (C=O) groups excluding carboxylic acids is 2. The van der Waals surface area contributed by atoms with Crippen molar-refractivity contribution in [3.8, 4) is 5.75 Å². The molecule has 0 saturated carbocycles. The van der Waals surface area contributed by atoms with Crippen LogP contribution in [0, 0.1) is 13.8 Å². The van der Waals surface area contributed by atoms with Gasteiger partial charge in [0.1, 0.15) is 5.75 Å². The number of rotatable bonds is 7. The molecule has 0 radical (unpaired) electrons. The molecule has 0 spiro atoms. The van der Waals surface area contributed by atoms with Crippen LogP contribution in [-0.2, 0) is 9.59 Å². The molecule has 0 aliphatic carbocycles. The second-order valence-electron chi connectivity index (χ2n) is 7.06. The van der Waals surface area contributed by atoms with E-state index in [4.69, 9.17) is 4.74 Å². The molecule has 154 valence electrons. The van der Waals surface area contributed by atoms with Crippen LogP contribution in [0.4, 0.5) is 5.69 Å². The van der Waals surface area contributed by atoms with Crippen molar-refractivity contribution in [2.24, 2.45) is 5.10 Å². The van der Waals surface area contributed by atoms with Gasteiger partial charge in [-0.05, 0) is 47.9 Å². The topological polar surface area (TPSA) is 79.8 Å². The summed E-state index contributed by atoms with van der Waals surface area (Å²) in [4.78, 5) is 24.3. The summed E-state index contributed by atoms with van der Waals surface area (Å²) in [6, 6.07) is 17.6. The molecular formula is C24H25N3O3. The minimum atomic E-state index is -0.332. The highest BCUT2D eigenvalue weighted by Gasteiger charge is 2.09. The molecule has 0 saturated heterocycles. The number of hydrogen-bond acceptors (Lipinski definition) is 4. The maximum absolute atomic E-state index is 12.2. The van der Waals surface area contributed by atoms with Crippen LogP contribution in [0.25, 0.3) is 10.8 Å². The molecule has 0 aliphatic rings. The third-order valence-corrected chi connectivity index (χ3v) is 4.78. The molecule has 0 atom stereocenters. The van der Waals surface area contributed by atoms with Crippen LogP contribution < -0.4 is 15.5 Å². The third-order valence-electron chi connectivity index (χ3n) is 4.78. The van der Waals surface area contributed by atoms with Gasteiger partial charge >= 0.3 is 0 Å². The van der Waals surface area contributed by atoms with Crippen molar-refractivity contribution in [2.75, 3.05) is 12.4 Å². The number of ether oxygens (including phenoxy) is 1. The van der Waals surface area contributed by atoms with Gasteiger partial charge in [-0.2, -0.15) is 5.10 Å². The molecule has 6 heteroatoms. The lowest BCUT2D eigenvalue weighted by atomic mass is 10.0. The van der Waals surface area contributed by atoms with Gasteiger partial charge in [-0.25, -0.2) is 5.43 Å². The van der Waals surface area contributed by atoms with Gasteiger partial charge < -0.3 is 10.1 Å². The van der Waals surface area contributed by atoms with Gasteiger partial charge in [-0.1, -0.05) is 42.5 Å². The minimum absolute atomic E-state index is 0.0424. The Morgan fingerprint density at radius 2 is 1.77 bits per heavy atom. The van der Waals surface area contributed by atoms with Crippen molar-refractivity contribution in [2.45, 2.75) is 26.7 Å². The lowest BCUT2D eigenvalue weighted by molar-refractivity contribution is -0.124. The highest BCUT2D eigenvalue weighted by atomic mass is 16.5. The van der Waals surface area contributed by atoms with Crippen molar-refractivity contribution in [3.05, 3.63) is 71.3 Å². The summed E-state index contributed by atoms with van der Waals surface area (Å²) in [6.07, 6.45) is 1.68. The zero-order valence-corrected chi connectivity index (χ0v) is 17.4. The van der Waals surface area contributed by atoms with Crippen LogP contribution in [0.3, 0.4) is 0 Å². The zero-order valence-electron chi connectivity index (χ0n) is 17.4. The average Bonchev–Trinajstić information content (AvgIpc) is 2.75. The molecule has 0 aliphatic heterocycles. The van der Waals surface area contributed by atoms with E-state index in [2.05, 4.69) is 15.8 Å². The smallest absolute Gasteiger partial charge is 0.240 e. The molecule has 3 aromatic carbocycles. The lowest BCUT2D eigenvalue weighted by Crippen LogP contribution is -2.21. The van der Waals surface area contributed by atoms with Crippen molar-refractivity contribution in [1.29, 1.82) is 0 Å². The van der Waals surface area contributed by atoms with Crippen LogP contribution in [0.1, 0.15) is 29.5 Å². The number of aryl methyl sites for hydroxylation is 2. The highest BCUT2D eigenvalue weighted by molar-refractivity contribution is 6.02. The van der Waals surface area contributed by atoms with E-state index in [0.717, 1.165) is 33.2 Å². The number of hydrogen-bond donors (Lipinski definition) is 2. The largest absolute Gasteiger partial charge is 0.496 e. The fraction of sp³-hybridized carbons (Fsp3) is 0.208. The Labute approximate surface area is 175 Å². The average molecular weight is 403 g/mol. The van der Waals surface area contributed by atoms with E-state index in [1.807, 2.05) is 68.4 Å². The molecule has 0 aromatic heterocycles. The summed E-state index contributed by atoms with van der Waals surface area (Å²) in [5.41, 5.74) is 6.07. The minimum Gasteiger partial charge on any atom is -0.496 e. The Bertz CT molecular complexity index is 1110. The fourth-order valence-electron chi connectivity index (χ4n) is 3.12. The van der Waals surface area contributed by atoms with E-state index < -0.39 is 0 Å². The molecule has 0 fully saturated rings. The van der Waals surface area contributed by atoms with Crippen LogP contribution in [0.15, 0.2) is 59.7 Å². The molecule has 2 amide bonds. The number of anilines is 1. The van der Waals surface area contributed by atoms with Gasteiger partial charge in [0.2, 0.25) is 11.8 Å². The summed E-state index contributed by atoms with van der Waals surface area (Å²) in [5.74, 6) is 0.125. The van der Waals surface area contributed by atoms with Gasteiger partial charge in [-0.3, -0.25) is 9.59 Å². The SMILES string of the molecule is COc1ccc2ccccc2c1/C=N/NC(=O)CCC(=O)Nc1cc(C)ccc1C. The van der Waals surface area contributed by atoms with Crippen molar-refractivity contribution in [3.63, 3.8) is 0 Å². The van der Waals surface area contributed by atoms with Crippen molar-refractivity contribution >= 4 is 34.5 Å². The summed E-state index contributed by atoms with van der Waals surface area (Å²) in [6.45, 7) is 3.89. The number of methoxy groups -OCH3 is 1. The summed E-state index contributed by atoms with van der Waals surface area (Å²) < 4.78 is 5.41. The molecule has 30 heavy (non-hydrogen) atoms. The first-order valence-corrected chi connectivity index (χ1v) is 9.72. The second-order valence-corrected chi connectivity index (χ2v) is 7.06. The van der Waals surface area contributed by atoms with Crippen molar-refractivity contribution in [1.82, 2.24) is 5.43 Å². The standard InChI is InChI=1S/C24H25N3O3/c1-16-8-9-17(2)21(14-16)26-23(28)12-13-24(29)27-25-15-20-19-7-5-4-6-18(19)10-11-22(20)30-3/h4-11,14-15H,12-13H2,1-3H3,(H,26,28)(H,27,29)/b25-15+. The highest BCUT2D eigenvalue weighted by Crippen LogP contribution is 2.26. The predicted octanol–water partition coefficient (Wildman–Crippen LogP) is 4.33. The van der Waals surface area contributed by atoms with E-state index in [0.29, 0.717) is 5.75 Å². The maximum Gasteiger partial charge on any atom is 0.240 e. The van der Waals surface area contributed by atoms with Crippen LogP contribution in [0.5, 0.6) is 5.75 Å². The Morgan fingerprint density at radius 3 is 2.57 bits per heavy atom. The number of benzene rings is 3. The molecule has 3 aromatic rings. The molecule has 6 nitrogen and oxygen atoms in total. The first-order chi connectivity index (χ1) is 14.5. The molecular weight excluding hydrogens is 378 g/mol. The number of fused-ring (bicyclic) bond motifs is 1. The zero-order chi connectivity index (χ0) is 21.5. The summed E-state index contributed by atoms with van der Waals surface area (Å²) in [5, 5.41) is 8.93. The van der Waals surface area contributed by atoms with Gasteiger partial charge in [-0.15, -0.1) is 0 Å². The number of hydrazone groups is 1. The first kappa shape index (κ1) is 21.0. The number of nitrogens with zero attached hydrogens (tertiary/aromatic N) is 1. The Hall–Kier alpha value is -3.67. The van der Waals surface area contributed by atoms with Crippen LogP contribution >= 0.6 is 0 Å². The van der Waals surface area contributed by atoms with E-state index in [9.17, 15) is 9.59 Å². The second kappa shape index (κ2) is 9.69. The van der Waals surface area contributed by atoms with Gasteiger partial charge in [0, 0.05) is 24.1 Å². The predicted molar refractivity (Wildman–Crippen MR) is 120 cm³/mol. The monoisotopic (exact) mass is 403 g/mol. The molecule has 0 unspecified atom stereocenters. The van der Waals surface area contributed by atoms with E-state index >= 15 is 0 Å². The molecule has 0 heterocycles. The van der Waals surface area contributed by atoms with Gasteiger partial charge in [0.25, 0.3) is 0 Å². The fourth-order valence-corrected chi connectivity index (χ4v) is 3.12. The maximum atomic E-state index is 12.2. The van der Waals surface area contributed by atoms with Crippen LogP contribution in [0.2, 0.25) is 0 Å². The van der Waals surface area contributed by atoms with Crippen LogP contribution in [-0.4, -0.2) is 25.1 Å². The van der Waals surface area contributed by atoms with Gasteiger partial charge in [0.15, 0.2) is 0 Å². The Balaban J connectivity index is 1.57. The lowest BCUT2D eigenvalue weighted by Gasteiger charge is -2.09. The first-order valence-electron chi connectivity index (χ1n) is 9.72.